The van der Waals surface area contributed by atoms with Crippen LogP contribution < -0.4 is 5.69 Å². The molecule has 1 aliphatic rings. The molecule has 6 nitrogen and oxygen atoms in total. The lowest BCUT2D eigenvalue weighted by molar-refractivity contribution is 0.0697. The van der Waals surface area contributed by atoms with E-state index in [0.29, 0.717) is 36.8 Å². The van der Waals surface area contributed by atoms with Crippen molar-refractivity contribution in [2.75, 3.05) is 0 Å². The van der Waals surface area contributed by atoms with Gasteiger partial charge in [0.25, 0.3) is 0 Å². The topological polar surface area (TPSA) is 81.3 Å². The van der Waals surface area contributed by atoms with E-state index in [9.17, 15) is 19.5 Å². The Labute approximate surface area is 206 Å². The maximum atomic E-state index is 13.3. The summed E-state index contributed by atoms with van der Waals surface area (Å²) in [5.41, 5.74) is 3.23. The minimum atomic E-state index is -0.964. The van der Waals surface area contributed by atoms with Crippen LogP contribution in [0.1, 0.15) is 78.8 Å². The zero-order chi connectivity index (χ0) is 24.9. The summed E-state index contributed by atoms with van der Waals surface area (Å²) >= 11 is 0. The lowest BCUT2D eigenvalue weighted by Gasteiger charge is -2.20. The van der Waals surface area contributed by atoms with E-state index in [1.165, 1.54) is 23.8 Å². The molecule has 1 aliphatic carbocycles. The number of aromatic nitrogens is 2. The van der Waals surface area contributed by atoms with Crippen LogP contribution >= 0.6 is 0 Å². The van der Waals surface area contributed by atoms with Crippen LogP contribution in [-0.2, 0) is 13.0 Å². The maximum Gasteiger partial charge on any atom is 0.336 e. The monoisotopic (exact) mass is 474 g/mol. The van der Waals surface area contributed by atoms with Crippen LogP contribution in [0.25, 0.3) is 11.1 Å². The van der Waals surface area contributed by atoms with E-state index in [4.69, 9.17) is 0 Å². The Bertz CT molecular complexity index is 1240. The van der Waals surface area contributed by atoms with Gasteiger partial charge >= 0.3 is 11.7 Å². The predicted octanol–water partition coefficient (Wildman–Crippen LogP) is 5.87. The minimum Gasteiger partial charge on any atom is -0.478 e. The van der Waals surface area contributed by atoms with E-state index in [-0.39, 0.29) is 17.2 Å². The Morgan fingerprint density at radius 1 is 1.00 bits per heavy atom. The fourth-order valence-corrected chi connectivity index (χ4v) is 5.09. The first kappa shape index (κ1) is 24.7. The van der Waals surface area contributed by atoms with Crippen molar-refractivity contribution >= 4 is 11.9 Å². The molecule has 1 saturated carbocycles. The second-order valence-corrected chi connectivity index (χ2v) is 10.1. The third kappa shape index (κ3) is 5.81. The summed E-state index contributed by atoms with van der Waals surface area (Å²) in [4.78, 5) is 37.9. The van der Waals surface area contributed by atoms with Gasteiger partial charge in [0.15, 0.2) is 0 Å². The number of hydrogen-bond acceptors (Lipinski definition) is 3. The largest absolute Gasteiger partial charge is 0.478 e. The number of carboxylic acid groups (broad SMARTS) is 1. The van der Waals surface area contributed by atoms with Crippen LogP contribution in [0, 0.1) is 11.8 Å². The molecule has 4 rings (SSSR count). The molecule has 0 atom stereocenters. The molecule has 0 aliphatic heterocycles. The van der Waals surface area contributed by atoms with Crippen molar-refractivity contribution in [1.82, 2.24) is 9.13 Å². The molecule has 2 aromatic carbocycles. The fourth-order valence-electron chi connectivity index (χ4n) is 5.09. The molecule has 184 valence electrons. The molecule has 35 heavy (non-hydrogen) atoms. The van der Waals surface area contributed by atoms with Crippen molar-refractivity contribution < 1.29 is 14.7 Å². The van der Waals surface area contributed by atoms with Gasteiger partial charge in [-0.3, -0.25) is 9.36 Å². The number of carboxylic acids is 1. The molecule has 0 amide bonds. The Hall–Kier alpha value is -3.41. The van der Waals surface area contributed by atoms with Crippen molar-refractivity contribution in [2.45, 2.75) is 65.3 Å². The number of benzene rings is 2. The number of rotatable bonds is 8. The van der Waals surface area contributed by atoms with Gasteiger partial charge in [0, 0.05) is 18.3 Å². The Balaban J connectivity index is 1.59. The van der Waals surface area contributed by atoms with Crippen molar-refractivity contribution in [1.29, 1.82) is 0 Å². The number of hydrogen-bond donors (Lipinski definition) is 1. The van der Waals surface area contributed by atoms with E-state index >= 15 is 0 Å². The van der Waals surface area contributed by atoms with Crippen molar-refractivity contribution in [3.63, 3.8) is 0 Å². The number of nitrogens with zero attached hydrogens (tertiary/aromatic N) is 2. The number of carbonyl (C=O) groups is 2. The Morgan fingerprint density at radius 3 is 2.34 bits per heavy atom. The SMILES string of the molecule is CC(C)Cc1cn(C(=O)CC2CCCCC2)c(=O)n1Cc1ccc(-c2ccccc2C(=O)O)cc1. The molecule has 0 saturated heterocycles. The number of carbonyl (C=O) groups excluding carboxylic acids is 1. The highest BCUT2D eigenvalue weighted by molar-refractivity contribution is 5.96. The van der Waals surface area contributed by atoms with Crippen LogP contribution in [-0.4, -0.2) is 26.1 Å². The van der Waals surface area contributed by atoms with Crippen LogP contribution in [0.3, 0.4) is 0 Å². The first-order valence-electron chi connectivity index (χ1n) is 12.6. The smallest absolute Gasteiger partial charge is 0.336 e. The summed E-state index contributed by atoms with van der Waals surface area (Å²) in [7, 11) is 0. The van der Waals surface area contributed by atoms with Crippen molar-refractivity contribution in [3.8, 4) is 11.1 Å². The standard InChI is InChI=1S/C29H34N2O4/c1-20(2)16-24-19-31(27(32)17-21-8-4-3-5-9-21)29(35)30(24)18-22-12-14-23(15-13-22)25-10-6-7-11-26(25)28(33)34/h6-7,10-15,19-21H,3-5,8-9,16-18H2,1-2H3,(H,33,34). The summed E-state index contributed by atoms with van der Waals surface area (Å²) in [5, 5.41) is 9.49. The van der Waals surface area contributed by atoms with Gasteiger partial charge in [-0.05, 0) is 53.9 Å². The first-order chi connectivity index (χ1) is 16.8. The minimum absolute atomic E-state index is 0.105. The van der Waals surface area contributed by atoms with Crippen LogP contribution in [0.4, 0.5) is 0 Å². The third-order valence-electron chi connectivity index (χ3n) is 6.90. The molecule has 0 radical (unpaired) electrons. The van der Waals surface area contributed by atoms with Crippen LogP contribution in [0.2, 0.25) is 0 Å². The van der Waals surface area contributed by atoms with Gasteiger partial charge in [0.2, 0.25) is 5.91 Å². The molecule has 1 heterocycles. The second kappa shape index (κ2) is 10.9. The summed E-state index contributed by atoms with van der Waals surface area (Å²) in [6, 6.07) is 14.5. The molecule has 3 aromatic rings. The van der Waals surface area contributed by atoms with Crippen LogP contribution in [0.5, 0.6) is 0 Å². The normalized spacial score (nSPS) is 14.4. The highest BCUT2D eigenvalue weighted by atomic mass is 16.4. The van der Waals surface area contributed by atoms with Crippen LogP contribution in [0.15, 0.2) is 59.5 Å². The van der Waals surface area contributed by atoms with Gasteiger partial charge in [0.1, 0.15) is 0 Å². The lowest BCUT2D eigenvalue weighted by Crippen LogP contribution is -2.30. The van der Waals surface area contributed by atoms with E-state index in [2.05, 4.69) is 13.8 Å². The number of aromatic carboxylic acids is 1. The quantitative estimate of drug-likeness (QED) is 0.443. The molecule has 0 spiro atoms. The van der Waals surface area contributed by atoms with Crippen molar-refractivity contribution in [3.05, 3.63) is 82.0 Å². The van der Waals surface area contributed by atoms with Gasteiger partial charge in [0.05, 0.1) is 12.1 Å². The highest BCUT2D eigenvalue weighted by Crippen LogP contribution is 2.27. The van der Waals surface area contributed by atoms with Gasteiger partial charge in [-0.2, -0.15) is 0 Å². The average Bonchev–Trinajstić information content (AvgIpc) is 3.14. The third-order valence-corrected chi connectivity index (χ3v) is 6.90. The first-order valence-corrected chi connectivity index (χ1v) is 12.6. The Kier molecular flexibility index (Phi) is 7.69. The maximum absolute atomic E-state index is 13.3. The summed E-state index contributed by atoms with van der Waals surface area (Å²) in [6.07, 6.45) is 8.59. The van der Waals surface area contributed by atoms with E-state index in [1.807, 2.05) is 30.3 Å². The fraction of sp³-hybridized carbons (Fsp3) is 0.414. The molecule has 1 fully saturated rings. The lowest BCUT2D eigenvalue weighted by atomic mass is 9.87. The van der Waals surface area contributed by atoms with E-state index in [0.717, 1.165) is 29.7 Å². The zero-order valence-corrected chi connectivity index (χ0v) is 20.6. The summed E-state index contributed by atoms with van der Waals surface area (Å²) in [6.45, 7) is 4.57. The van der Waals surface area contributed by atoms with E-state index in [1.54, 1.807) is 29.0 Å². The van der Waals surface area contributed by atoms with Crippen molar-refractivity contribution in [2.24, 2.45) is 11.8 Å². The number of imidazole rings is 1. The molecule has 0 bridgehead atoms. The van der Waals surface area contributed by atoms with Gasteiger partial charge in [-0.15, -0.1) is 0 Å². The van der Waals surface area contributed by atoms with Gasteiger partial charge in [-0.1, -0.05) is 75.6 Å². The molecular formula is C29H34N2O4. The summed E-state index contributed by atoms with van der Waals surface area (Å²) < 4.78 is 3.03. The molecule has 1 N–H and O–H groups in total. The molecule has 1 aromatic heterocycles. The average molecular weight is 475 g/mol. The van der Waals surface area contributed by atoms with Gasteiger partial charge in [-0.25, -0.2) is 14.2 Å². The Morgan fingerprint density at radius 2 is 1.69 bits per heavy atom. The molecular weight excluding hydrogens is 440 g/mol. The summed E-state index contributed by atoms with van der Waals surface area (Å²) in [5.74, 6) is -0.346. The van der Waals surface area contributed by atoms with Gasteiger partial charge < -0.3 is 5.11 Å². The molecule has 0 unspecified atom stereocenters. The predicted molar refractivity (Wildman–Crippen MR) is 137 cm³/mol. The zero-order valence-electron chi connectivity index (χ0n) is 20.6. The highest BCUT2D eigenvalue weighted by Gasteiger charge is 2.22. The van der Waals surface area contributed by atoms with E-state index < -0.39 is 5.97 Å². The second-order valence-electron chi connectivity index (χ2n) is 10.1. The molecule has 6 heteroatoms.